The van der Waals surface area contributed by atoms with Gasteiger partial charge in [0.2, 0.25) is 0 Å². The molecule has 0 radical (unpaired) electrons. The third-order valence-corrected chi connectivity index (χ3v) is 6.28. The number of fused-ring (bicyclic) bond motifs is 2. The maximum atomic E-state index is 12.2. The van der Waals surface area contributed by atoms with Crippen molar-refractivity contribution in [2.24, 2.45) is 0 Å². The van der Waals surface area contributed by atoms with Gasteiger partial charge >= 0.3 is 0 Å². The summed E-state index contributed by atoms with van der Waals surface area (Å²) in [6.07, 6.45) is 6.87. The molecule has 0 aliphatic heterocycles. The van der Waals surface area contributed by atoms with E-state index < -0.39 is 0 Å². The minimum Gasteiger partial charge on any atom is -0.267 e. The Bertz CT molecular complexity index is 1700. The van der Waals surface area contributed by atoms with E-state index in [9.17, 15) is 4.79 Å². The smallest absolute Gasteiger partial charge is 0.267 e. The molecular formula is C28H24N8OS. The standard InChI is InChI=1S/C14H12N4O.C14H12N4S/c2*1-2-18-14(19)10-6-5-9-16-12(10)13(17-18)11-7-3-4-8-15-11/h2*3-9H,2H2,1H3. The Morgan fingerprint density at radius 3 is 1.66 bits per heavy atom. The first-order chi connectivity index (χ1) is 18.6. The highest BCUT2D eigenvalue weighted by molar-refractivity contribution is 7.71. The van der Waals surface area contributed by atoms with Gasteiger partial charge in [0.05, 0.1) is 16.8 Å². The van der Waals surface area contributed by atoms with E-state index in [1.165, 1.54) is 4.68 Å². The molecule has 0 saturated heterocycles. The van der Waals surface area contributed by atoms with Gasteiger partial charge in [0.1, 0.15) is 27.1 Å². The molecular weight excluding hydrogens is 496 g/mol. The van der Waals surface area contributed by atoms with Crippen LogP contribution in [0.1, 0.15) is 13.8 Å². The lowest BCUT2D eigenvalue weighted by molar-refractivity contribution is 0.625. The summed E-state index contributed by atoms with van der Waals surface area (Å²) in [4.78, 5) is 29.5. The van der Waals surface area contributed by atoms with E-state index in [0.717, 1.165) is 28.8 Å². The van der Waals surface area contributed by atoms with E-state index >= 15 is 0 Å². The number of hydrogen-bond donors (Lipinski definition) is 0. The molecule has 0 N–H and O–H groups in total. The molecule has 0 amide bonds. The fraction of sp³-hybridized carbons (Fsp3) is 0.143. The van der Waals surface area contributed by atoms with Crippen LogP contribution in [0.3, 0.4) is 0 Å². The summed E-state index contributed by atoms with van der Waals surface area (Å²) in [6.45, 7) is 5.15. The van der Waals surface area contributed by atoms with Gasteiger partial charge < -0.3 is 0 Å². The molecule has 0 atom stereocenters. The van der Waals surface area contributed by atoms with Crippen LogP contribution in [0.4, 0.5) is 0 Å². The van der Waals surface area contributed by atoms with Gasteiger partial charge in [-0.3, -0.25) is 29.4 Å². The van der Waals surface area contributed by atoms with Crippen molar-refractivity contribution in [1.82, 2.24) is 39.5 Å². The van der Waals surface area contributed by atoms with Crippen LogP contribution in [-0.4, -0.2) is 39.5 Å². The van der Waals surface area contributed by atoms with Crippen LogP contribution in [0.15, 0.2) is 90.2 Å². The first-order valence-electron chi connectivity index (χ1n) is 12.2. The zero-order valence-corrected chi connectivity index (χ0v) is 21.7. The van der Waals surface area contributed by atoms with Crippen molar-refractivity contribution in [3.63, 3.8) is 0 Å². The molecule has 6 aromatic heterocycles. The maximum absolute atomic E-state index is 12.2. The summed E-state index contributed by atoms with van der Waals surface area (Å²) in [6, 6.07) is 18.7. The predicted molar refractivity (Wildman–Crippen MR) is 150 cm³/mol. The first kappa shape index (κ1) is 25.0. The van der Waals surface area contributed by atoms with Crippen LogP contribution in [0.25, 0.3) is 44.6 Å². The van der Waals surface area contributed by atoms with Gasteiger partial charge in [0.15, 0.2) is 0 Å². The molecule has 0 unspecified atom stereocenters. The second kappa shape index (κ2) is 11.1. The highest BCUT2D eigenvalue weighted by atomic mass is 32.1. The summed E-state index contributed by atoms with van der Waals surface area (Å²) in [5.74, 6) is 0. The number of aryl methyl sites for hydroxylation is 2. The van der Waals surface area contributed by atoms with Gasteiger partial charge in [0, 0.05) is 43.3 Å². The average Bonchev–Trinajstić information content (AvgIpc) is 2.99. The third kappa shape index (κ3) is 4.81. The van der Waals surface area contributed by atoms with Gasteiger partial charge in [-0.2, -0.15) is 10.2 Å². The van der Waals surface area contributed by atoms with Crippen molar-refractivity contribution in [3.05, 3.63) is 100 Å². The predicted octanol–water partition coefficient (Wildman–Crippen LogP) is 5.12. The van der Waals surface area contributed by atoms with Crippen molar-refractivity contribution in [2.75, 3.05) is 0 Å². The molecule has 6 rings (SSSR count). The summed E-state index contributed by atoms with van der Waals surface area (Å²) in [5.41, 5.74) is 4.21. The normalized spacial score (nSPS) is 10.8. The Hall–Kier alpha value is -4.70. The Balaban J connectivity index is 0.000000155. The van der Waals surface area contributed by atoms with Crippen LogP contribution < -0.4 is 5.56 Å². The maximum Gasteiger partial charge on any atom is 0.276 e. The fourth-order valence-corrected chi connectivity index (χ4v) is 4.35. The van der Waals surface area contributed by atoms with Crippen molar-refractivity contribution in [2.45, 2.75) is 26.9 Å². The SMILES string of the molecule is CCn1nc(-c2ccccn2)c2ncccc2c1=O.CCn1nc(-c2ccccn2)c2ncccc2c1=S. The Labute approximate surface area is 223 Å². The molecule has 188 valence electrons. The third-order valence-electron chi connectivity index (χ3n) is 5.85. The molecule has 0 aliphatic carbocycles. The molecule has 6 heterocycles. The van der Waals surface area contributed by atoms with Crippen molar-refractivity contribution in [3.8, 4) is 22.8 Å². The number of nitrogens with zero attached hydrogens (tertiary/aromatic N) is 8. The highest BCUT2D eigenvalue weighted by Gasteiger charge is 2.13. The molecule has 0 aromatic carbocycles. The molecule has 0 saturated carbocycles. The summed E-state index contributed by atoms with van der Waals surface area (Å²) < 4.78 is 3.96. The lowest BCUT2D eigenvalue weighted by Crippen LogP contribution is -2.23. The van der Waals surface area contributed by atoms with E-state index in [1.807, 2.05) is 67.1 Å². The fourth-order valence-electron chi connectivity index (χ4n) is 4.02. The van der Waals surface area contributed by atoms with Gasteiger partial charge in [-0.05, 0) is 62.4 Å². The lowest BCUT2D eigenvalue weighted by Gasteiger charge is -2.09. The summed E-state index contributed by atoms with van der Waals surface area (Å²) in [5, 5.41) is 10.5. The van der Waals surface area contributed by atoms with Crippen molar-refractivity contribution >= 4 is 34.0 Å². The van der Waals surface area contributed by atoms with Crippen LogP contribution in [0, 0.1) is 4.64 Å². The first-order valence-corrected chi connectivity index (χ1v) is 12.6. The number of aromatic nitrogens is 8. The van der Waals surface area contributed by atoms with Crippen LogP contribution >= 0.6 is 12.2 Å². The summed E-state index contributed by atoms with van der Waals surface area (Å²) in [7, 11) is 0. The minimum atomic E-state index is -0.120. The van der Waals surface area contributed by atoms with E-state index in [1.54, 1.807) is 36.9 Å². The molecule has 38 heavy (non-hydrogen) atoms. The second-order valence-electron chi connectivity index (χ2n) is 8.17. The lowest BCUT2D eigenvalue weighted by atomic mass is 10.2. The molecule has 9 nitrogen and oxygen atoms in total. The monoisotopic (exact) mass is 520 g/mol. The van der Waals surface area contributed by atoms with E-state index in [2.05, 4.69) is 30.1 Å². The molecule has 0 aliphatic rings. The van der Waals surface area contributed by atoms with E-state index in [4.69, 9.17) is 12.2 Å². The van der Waals surface area contributed by atoms with Crippen LogP contribution in [0.5, 0.6) is 0 Å². The molecule has 0 fully saturated rings. The number of hydrogen-bond acceptors (Lipinski definition) is 8. The van der Waals surface area contributed by atoms with Gasteiger partial charge in [-0.1, -0.05) is 24.4 Å². The van der Waals surface area contributed by atoms with Gasteiger partial charge in [-0.25, -0.2) is 4.68 Å². The zero-order valence-electron chi connectivity index (χ0n) is 20.9. The highest BCUT2D eigenvalue weighted by Crippen LogP contribution is 2.24. The van der Waals surface area contributed by atoms with Crippen molar-refractivity contribution in [1.29, 1.82) is 0 Å². The number of pyridine rings is 4. The topological polar surface area (TPSA) is 104 Å². The largest absolute Gasteiger partial charge is 0.276 e. The van der Waals surface area contributed by atoms with E-state index in [0.29, 0.717) is 33.5 Å². The molecule has 10 heteroatoms. The Kier molecular flexibility index (Phi) is 7.32. The average molecular weight is 521 g/mol. The minimum absolute atomic E-state index is 0.120. The summed E-state index contributed by atoms with van der Waals surface area (Å²) >= 11 is 5.44. The Morgan fingerprint density at radius 1 is 0.632 bits per heavy atom. The van der Waals surface area contributed by atoms with Gasteiger partial charge in [-0.15, -0.1) is 0 Å². The van der Waals surface area contributed by atoms with Crippen LogP contribution in [0.2, 0.25) is 0 Å². The zero-order chi connectivity index (χ0) is 26.5. The number of rotatable bonds is 4. The second-order valence-corrected chi connectivity index (χ2v) is 8.55. The Morgan fingerprint density at radius 2 is 1.13 bits per heavy atom. The molecule has 0 bridgehead atoms. The van der Waals surface area contributed by atoms with Gasteiger partial charge in [0.25, 0.3) is 5.56 Å². The molecule has 6 aromatic rings. The molecule has 0 spiro atoms. The van der Waals surface area contributed by atoms with Crippen molar-refractivity contribution < 1.29 is 0 Å². The quantitative estimate of drug-likeness (QED) is 0.295. The van der Waals surface area contributed by atoms with E-state index in [-0.39, 0.29) is 5.56 Å². The van der Waals surface area contributed by atoms with Crippen LogP contribution in [-0.2, 0) is 13.1 Å².